The highest BCUT2D eigenvalue weighted by atomic mass is 16.4. The number of carboxylic acid groups (broad SMARTS) is 2. The number of aliphatic hydroxyl groups excluding tert-OH is 2. The highest BCUT2D eigenvalue weighted by Crippen LogP contribution is 2.23. The van der Waals surface area contributed by atoms with Crippen molar-refractivity contribution >= 4 is 107 Å². The first-order valence-electron chi connectivity index (χ1n) is 41.7. The standard InChI is InChI=1S/C81H132N22O21/c1-41(2)36-55(95-72(116)57(38-48-20-13-12-14-21-48)97-77(121)65(47(11)105)101-69(113)52(22-15-16-32-82)91-66(110)45(9)83)71(115)92-53(24-18-34-89-81(86)87)70(114)102-64(46(10)104)76(120)96-56(37-42(3)4)73(117)100-62(43(5)6)75(119)94-51(23-17-33-88-80(84)85)67(111)90-40-60(107)99-63(44(7)8)78(122)103-35-19-25-59(103)74(118)93-54(30-31-61(108)109)68(112)98-58(79(123)124)39-49-26-28-50(106)29-27-49/h12-14,20-21,26-29,41-47,51-59,62-65,104-106H,15-19,22-25,30-40,82-83H2,1-11H3,(H,90,111)(H,91,110)(H,92,115)(H,93,118)(H,94,119)(H,95,116)(H,96,120)(H,97,121)(H,98,112)(H,99,107)(H,100,117)(H,101,113)(H,102,114)(H,108,109)(H,123,124)(H4,84,85,88)(H4,86,87,89)/t45-,46+,47+,51-,52-,53-,54-,55-,56-,57-,58-,59-,62-,63-,64-,65-/m0/s1. The number of nitrogens with two attached hydrogens (primary N) is 6. The van der Waals surface area contributed by atoms with Crippen LogP contribution in [0.15, 0.2) is 64.6 Å². The number of nitrogens with zero attached hydrogens (tertiary/aromatic N) is 3. The first-order valence-corrected chi connectivity index (χ1v) is 41.7. The Bertz CT molecular complexity index is 3950. The number of hydrogen-bond acceptors (Lipinski definition) is 23. The summed E-state index contributed by atoms with van der Waals surface area (Å²) in [7, 11) is 0. The van der Waals surface area contributed by atoms with Gasteiger partial charge in [0.15, 0.2) is 11.9 Å². The fraction of sp³-hybridized carbons (Fsp3) is 0.630. The van der Waals surface area contributed by atoms with Gasteiger partial charge in [0.05, 0.1) is 24.8 Å². The van der Waals surface area contributed by atoms with E-state index < -0.39 is 223 Å². The summed E-state index contributed by atoms with van der Waals surface area (Å²) in [6.45, 7) is 16.4. The summed E-state index contributed by atoms with van der Waals surface area (Å²) in [5.41, 5.74) is 34.7. The minimum atomic E-state index is -1.86. The number of phenols is 1. The molecule has 2 aromatic rings. The highest BCUT2D eigenvalue weighted by molar-refractivity contribution is 6.01. The molecule has 0 aliphatic carbocycles. The van der Waals surface area contributed by atoms with Gasteiger partial charge in [0.1, 0.15) is 84.3 Å². The Morgan fingerprint density at radius 3 is 1.32 bits per heavy atom. The summed E-state index contributed by atoms with van der Waals surface area (Å²) in [5, 5.41) is 84.5. The van der Waals surface area contributed by atoms with E-state index in [-0.39, 0.29) is 126 Å². The molecule has 14 amide bonds. The average molecular weight is 1750 g/mol. The topological polar surface area (TPSA) is 715 Å². The number of carbonyl (C=O) groups excluding carboxylic acids is 14. The molecular formula is C81H132N22O21. The predicted octanol–water partition coefficient (Wildman–Crippen LogP) is -5.20. The van der Waals surface area contributed by atoms with E-state index in [1.165, 1.54) is 43.0 Å². The molecule has 0 aromatic heterocycles. The zero-order valence-electron chi connectivity index (χ0n) is 72.5. The van der Waals surface area contributed by atoms with Gasteiger partial charge in [0.2, 0.25) is 82.7 Å². The molecule has 16 atom stereocenters. The Morgan fingerprint density at radius 1 is 0.444 bits per heavy atom. The number of rotatable bonds is 55. The van der Waals surface area contributed by atoms with Crippen LogP contribution < -0.4 is 104 Å². The molecule has 2 aromatic carbocycles. The summed E-state index contributed by atoms with van der Waals surface area (Å²) in [5.74, 6) is -18.4. The second-order valence-electron chi connectivity index (χ2n) is 32.4. The van der Waals surface area contributed by atoms with Crippen LogP contribution in [0.5, 0.6) is 5.75 Å². The van der Waals surface area contributed by atoms with E-state index in [0.29, 0.717) is 24.0 Å². The van der Waals surface area contributed by atoms with Crippen molar-refractivity contribution in [3.05, 3.63) is 65.7 Å². The Morgan fingerprint density at radius 2 is 0.847 bits per heavy atom. The molecular weight excluding hydrogens is 1620 g/mol. The predicted molar refractivity (Wildman–Crippen MR) is 456 cm³/mol. The maximum absolute atomic E-state index is 14.7. The largest absolute Gasteiger partial charge is 0.508 e. The summed E-state index contributed by atoms with van der Waals surface area (Å²) < 4.78 is 0. The van der Waals surface area contributed by atoms with Gasteiger partial charge in [-0.2, -0.15) is 0 Å². The van der Waals surface area contributed by atoms with E-state index in [9.17, 15) is 102 Å². The molecule has 0 saturated carbocycles. The van der Waals surface area contributed by atoms with E-state index in [0.717, 1.165) is 6.92 Å². The van der Waals surface area contributed by atoms with Crippen LogP contribution in [0.2, 0.25) is 0 Å². The fourth-order valence-corrected chi connectivity index (χ4v) is 13.2. The third kappa shape index (κ3) is 38.3. The van der Waals surface area contributed by atoms with Crippen molar-refractivity contribution in [2.24, 2.45) is 68.1 Å². The summed E-state index contributed by atoms with van der Waals surface area (Å²) in [6, 6.07) is -6.54. The van der Waals surface area contributed by atoms with Crippen molar-refractivity contribution in [3.8, 4) is 5.75 Å². The summed E-state index contributed by atoms with van der Waals surface area (Å²) >= 11 is 0. The molecule has 3 rings (SSSR count). The molecule has 124 heavy (non-hydrogen) atoms. The Kier molecular flexibility index (Phi) is 46.2. The quantitative estimate of drug-likeness (QED) is 0.0167. The van der Waals surface area contributed by atoms with Crippen LogP contribution in [0.4, 0.5) is 0 Å². The molecule has 1 heterocycles. The van der Waals surface area contributed by atoms with Crippen molar-refractivity contribution in [2.75, 3.05) is 32.7 Å². The minimum absolute atomic E-state index is 0.000101. The van der Waals surface area contributed by atoms with Gasteiger partial charge in [0, 0.05) is 38.9 Å². The lowest BCUT2D eigenvalue weighted by Crippen LogP contribution is -2.63. The number of aliphatic carboxylic acids is 2. The van der Waals surface area contributed by atoms with Gasteiger partial charge in [-0.15, -0.1) is 0 Å². The van der Waals surface area contributed by atoms with Crippen LogP contribution in [0, 0.1) is 23.7 Å². The van der Waals surface area contributed by atoms with Crippen LogP contribution in [0.3, 0.4) is 0 Å². The zero-order chi connectivity index (χ0) is 93.4. The molecule has 43 nitrogen and oxygen atoms in total. The zero-order valence-corrected chi connectivity index (χ0v) is 72.5. The summed E-state index contributed by atoms with van der Waals surface area (Å²) in [4.78, 5) is 232. The molecule has 0 unspecified atom stereocenters. The fourth-order valence-electron chi connectivity index (χ4n) is 13.2. The second kappa shape index (κ2) is 53.9. The Labute approximate surface area is 721 Å². The van der Waals surface area contributed by atoms with E-state index in [1.54, 1.807) is 85.7 Å². The van der Waals surface area contributed by atoms with Gasteiger partial charge in [0.25, 0.3) is 0 Å². The monoisotopic (exact) mass is 1750 g/mol. The SMILES string of the molecule is CC(C)C[C@H](NC(=O)[C@H](Cc1ccccc1)NC(=O)[C@@H](NC(=O)[C@H](CCCCN)NC(=O)[C@H](C)N)[C@@H](C)O)C(=O)N[C@@H](CCCN=C(N)N)C(=O)N[C@H](C(=O)N[C@@H](CC(C)C)C(=O)N[C@H](C(=O)N[C@@H](CCCN=C(N)N)C(=O)NCC(=O)N[C@H](C(=O)N1CCC[C@H]1C(=O)N[C@@H](CCC(=O)O)C(=O)N[C@@H](Cc1ccc(O)cc1)C(=O)O)C(C)C)C(C)C)[C@@H](C)O. The summed E-state index contributed by atoms with van der Waals surface area (Å²) in [6.07, 6.45) is -4.00. The number of carboxylic acids is 2. The molecule has 1 saturated heterocycles. The maximum atomic E-state index is 14.7. The second-order valence-corrected chi connectivity index (χ2v) is 32.4. The molecule has 1 aliphatic heterocycles. The number of unbranched alkanes of at least 4 members (excludes halogenated alkanes) is 1. The molecule has 0 spiro atoms. The van der Waals surface area contributed by atoms with Gasteiger partial charge >= 0.3 is 11.9 Å². The number of amides is 14. The van der Waals surface area contributed by atoms with Crippen molar-refractivity contribution < 1.29 is 102 Å². The van der Waals surface area contributed by atoms with Gasteiger partial charge < -0.3 is 134 Å². The van der Waals surface area contributed by atoms with Crippen molar-refractivity contribution in [1.29, 1.82) is 0 Å². The molecule has 1 fully saturated rings. The average Bonchev–Trinajstić information content (AvgIpc) is 1.63. The number of hydrogen-bond donors (Lipinski definition) is 24. The Balaban J connectivity index is 1.89. The minimum Gasteiger partial charge on any atom is -0.508 e. The molecule has 1 aliphatic rings. The van der Waals surface area contributed by atoms with E-state index in [2.05, 4.69) is 79.1 Å². The molecule has 43 heteroatoms. The van der Waals surface area contributed by atoms with Crippen LogP contribution in [0.25, 0.3) is 0 Å². The third-order valence-electron chi connectivity index (χ3n) is 19.9. The lowest BCUT2D eigenvalue weighted by Gasteiger charge is -2.31. The van der Waals surface area contributed by atoms with Gasteiger partial charge in [-0.05, 0) is 151 Å². The van der Waals surface area contributed by atoms with Crippen molar-refractivity contribution in [3.63, 3.8) is 0 Å². The number of benzene rings is 2. The number of likely N-dealkylation sites (tertiary alicyclic amines) is 1. The highest BCUT2D eigenvalue weighted by Gasteiger charge is 2.43. The van der Waals surface area contributed by atoms with Gasteiger partial charge in [-0.25, -0.2) is 4.79 Å². The maximum Gasteiger partial charge on any atom is 0.326 e. The smallest absolute Gasteiger partial charge is 0.326 e. The number of nitrogens with one attached hydrogen (secondary N) is 13. The molecule has 0 radical (unpaired) electrons. The molecule has 692 valence electrons. The van der Waals surface area contributed by atoms with Crippen LogP contribution in [-0.2, 0) is 89.6 Å². The van der Waals surface area contributed by atoms with E-state index in [1.807, 2.05) is 0 Å². The van der Waals surface area contributed by atoms with Gasteiger partial charge in [-0.1, -0.05) is 97.9 Å². The molecule has 30 N–H and O–H groups in total. The number of guanidine groups is 2. The number of aliphatic hydroxyl groups is 2. The number of phenolic OH excluding ortho intramolecular Hbond substituents is 1. The number of aromatic hydroxyl groups is 1. The number of aliphatic imine (C=N–C) groups is 2. The first kappa shape index (κ1) is 106. The van der Waals surface area contributed by atoms with Crippen molar-refractivity contribution in [1.82, 2.24) is 74.0 Å². The van der Waals surface area contributed by atoms with Crippen molar-refractivity contribution in [2.45, 2.75) is 269 Å². The van der Waals surface area contributed by atoms with Crippen LogP contribution >= 0.6 is 0 Å². The number of carbonyl (C=O) groups is 16. The van der Waals surface area contributed by atoms with Gasteiger partial charge in [-0.3, -0.25) is 81.9 Å². The van der Waals surface area contributed by atoms with Crippen LogP contribution in [0.1, 0.15) is 171 Å². The van der Waals surface area contributed by atoms with E-state index >= 15 is 0 Å². The molecule has 0 bridgehead atoms. The third-order valence-corrected chi connectivity index (χ3v) is 19.9. The lowest BCUT2D eigenvalue weighted by atomic mass is 9.98. The normalized spacial score (nSPS) is 16.1. The van der Waals surface area contributed by atoms with Crippen LogP contribution in [-0.4, -0.2) is 267 Å². The first-order chi connectivity index (χ1) is 58.2. The van der Waals surface area contributed by atoms with E-state index in [4.69, 9.17) is 34.4 Å². The lowest BCUT2D eigenvalue weighted by molar-refractivity contribution is -0.144. The Hall–Kier alpha value is -11.9.